The number of carbonyl (C=O) groups is 1. The minimum Gasteiger partial charge on any atom is -0.324 e. The molecule has 1 aliphatic carbocycles. The van der Waals surface area contributed by atoms with Crippen molar-refractivity contribution in [1.29, 1.82) is 0 Å². The lowest BCUT2D eigenvalue weighted by atomic mass is 10.2. The number of anilines is 1. The van der Waals surface area contributed by atoms with Gasteiger partial charge in [0.25, 0.3) is 0 Å². The fraction of sp³-hybridized carbons (Fsp3) is 0.385. The van der Waals surface area contributed by atoms with Gasteiger partial charge in [-0.3, -0.25) is 4.79 Å². The molecule has 1 aromatic carbocycles. The van der Waals surface area contributed by atoms with E-state index in [1.807, 2.05) is 31.2 Å². The summed E-state index contributed by atoms with van der Waals surface area (Å²) < 4.78 is 1.67. The number of nitrogens with zero attached hydrogens (tertiary/aromatic N) is 4. The summed E-state index contributed by atoms with van der Waals surface area (Å²) in [6.45, 7) is 1.99. The summed E-state index contributed by atoms with van der Waals surface area (Å²) in [5.74, 6) is 1.03. The molecule has 6 heteroatoms. The molecule has 98 valence electrons. The molecule has 1 aromatic heterocycles. The molecule has 3 rings (SSSR count). The second kappa shape index (κ2) is 4.79. The molecule has 1 fully saturated rings. The fourth-order valence-corrected chi connectivity index (χ4v) is 1.96. The van der Waals surface area contributed by atoms with Crippen LogP contribution in [0.25, 0.3) is 5.69 Å². The minimum atomic E-state index is 0.0820. The zero-order valence-corrected chi connectivity index (χ0v) is 10.7. The molecule has 19 heavy (non-hydrogen) atoms. The lowest BCUT2D eigenvalue weighted by molar-refractivity contribution is -0.117. The fourth-order valence-electron chi connectivity index (χ4n) is 1.96. The molecule has 1 saturated carbocycles. The average Bonchev–Trinajstić information content (AvgIpc) is 3.18. The van der Waals surface area contributed by atoms with E-state index < -0.39 is 0 Å². The lowest BCUT2D eigenvalue weighted by Gasteiger charge is -2.11. The van der Waals surface area contributed by atoms with Gasteiger partial charge in [0.1, 0.15) is 0 Å². The minimum absolute atomic E-state index is 0.0820. The third-order valence-corrected chi connectivity index (χ3v) is 3.19. The van der Waals surface area contributed by atoms with Crippen LogP contribution in [0, 0.1) is 5.92 Å². The molecule has 1 amide bonds. The summed E-state index contributed by atoms with van der Waals surface area (Å²) in [6, 6.07) is 7.57. The van der Waals surface area contributed by atoms with E-state index in [2.05, 4.69) is 20.8 Å². The number of amides is 1. The number of aryl methyl sites for hydroxylation is 1. The molecule has 1 heterocycles. The van der Waals surface area contributed by atoms with Crippen molar-refractivity contribution in [2.75, 3.05) is 5.32 Å². The van der Waals surface area contributed by atoms with E-state index in [1.54, 1.807) is 4.68 Å². The molecule has 1 N–H and O–H groups in total. The number of hydrogen-bond acceptors (Lipinski definition) is 4. The van der Waals surface area contributed by atoms with Gasteiger partial charge in [0.15, 0.2) is 5.82 Å². The highest BCUT2D eigenvalue weighted by Gasteiger charge is 2.30. The number of carbonyl (C=O) groups excluding carboxylic acids is 1. The normalized spacial score (nSPS) is 14.4. The molecule has 0 aliphatic heterocycles. The predicted octanol–water partition coefficient (Wildman–Crippen LogP) is 1.57. The van der Waals surface area contributed by atoms with E-state index in [9.17, 15) is 4.79 Å². The van der Waals surface area contributed by atoms with E-state index in [0.717, 1.165) is 36.5 Å². The van der Waals surface area contributed by atoms with Gasteiger partial charge in [0.2, 0.25) is 5.91 Å². The molecule has 6 nitrogen and oxygen atoms in total. The quantitative estimate of drug-likeness (QED) is 0.902. The van der Waals surface area contributed by atoms with Crippen LogP contribution in [0.5, 0.6) is 0 Å². The highest BCUT2D eigenvalue weighted by Crippen LogP contribution is 2.31. The predicted molar refractivity (Wildman–Crippen MR) is 69.9 cm³/mol. The first-order chi connectivity index (χ1) is 9.29. The maximum atomic E-state index is 11.9. The van der Waals surface area contributed by atoms with Gasteiger partial charge in [-0.25, -0.2) is 0 Å². The third-order valence-electron chi connectivity index (χ3n) is 3.19. The molecule has 0 radical (unpaired) electrons. The van der Waals surface area contributed by atoms with Crippen molar-refractivity contribution in [3.63, 3.8) is 0 Å². The van der Waals surface area contributed by atoms with Crippen LogP contribution >= 0.6 is 0 Å². The van der Waals surface area contributed by atoms with Crippen molar-refractivity contribution in [1.82, 2.24) is 20.2 Å². The molecule has 1 aliphatic rings. The summed E-state index contributed by atoms with van der Waals surface area (Å²) in [5.41, 5.74) is 1.56. The van der Waals surface area contributed by atoms with Gasteiger partial charge in [-0.15, -0.1) is 5.10 Å². The average molecular weight is 257 g/mol. The Labute approximate surface area is 110 Å². The SMILES string of the molecule is CCc1nnnn1-c1ccccc1NC(=O)C1CC1. The number of nitrogens with one attached hydrogen (secondary N) is 1. The number of tetrazole rings is 1. The monoisotopic (exact) mass is 257 g/mol. The largest absolute Gasteiger partial charge is 0.324 e. The van der Waals surface area contributed by atoms with E-state index in [-0.39, 0.29) is 11.8 Å². The Morgan fingerprint density at radius 3 is 2.95 bits per heavy atom. The van der Waals surface area contributed by atoms with E-state index in [1.165, 1.54) is 0 Å². The lowest BCUT2D eigenvalue weighted by Crippen LogP contribution is -2.16. The maximum absolute atomic E-state index is 11.9. The first-order valence-electron chi connectivity index (χ1n) is 6.47. The first kappa shape index (κ1) is 11.8. The van der Waals surface area contributed by atoms with Gasteiger partial charge < -0.3 is 5.32 Å². The number of benzene rings is 1. The Hall–Kier alpha value is -2.24. The van der Waals surface area contributed by atoms with Crippen molar-refractivity contribution >= 4 is 11.6 Å². The summed E-state index contributed by atoms with van der Waals surface area (Å²) >= 11 is 0. The summed E-state index contributed by atoms with van der Waals surface area (Å²) in [6.07, 6.45) is 2.70. The van der Waals surface area contributed by atoms with Crippen LogP contribution in [0.2, 0.25) is 0 Å². The van der Waals surface area contributed by atoms with Gasteiger partial charge in [0, 0.05) is 12.3 Å². The van der Waals surface area contributed by atoms with Crippen LogP contribution in [0.1, 0.15) is 25.6 Å². The molecule has 2 aromatic rings. The Bertz CT molecular complexity index is 603. The topological polar surface area (TPSA) is 72.7 Å². The van der Waals surface area contributed by atoms with Gasteiger partial charge in [-0.05, 0) is 35.4 Å². The summed E-state index contributed by atoms with van der Waals surface area (Å²) in [5, 5.41) is 14.6. The standard InChI is InChI=1S/C13H15N5O/c1-2-12-15-16-17-18(12)11-6-4-3-5-10(11)14-13(19)9-7-8-9/h3-6,9H,2,7-8H2,1H3,(H,14,19). The van der Waals surface area contributed by atoms with Crippen molar-refractivity contribution in [3.05, 3.63) is 30.1 Å². The van der Waals surface area contributed by atoms with Crippen molar-refractivity contribution in [2.45, 2.75) is 26.2 Å². The van der Waals surface area contributed by atoms with Gasteiger partial charge in [-0.1, -0.05) is 19.1 Å². The van der Waals surface area contributed by atoms with Crippen molar-refractivity contribution in [3.8, 4) is 5.69 Å². The van der Waals surface area contributed by atoms with Crippen molar-refractivity contribution in [2.24, 2.45) is 5.92 Å². The van der Waals surface area contributed by atoms with E-state index in [0.29, 0.717) is 0 Å². The number of aromatic nitrogens is 4. The van der Waals surface area contributed by atoms with Crippen molar-refractivity contribution < 1.29 is 4.79 Å². The van der Waals surface area contributed by atoms with Crippen LogP contribution in [0.3, 0.4) is 0 Å². The third kappa shape index (κ3) is 2.33. The van der Waals surface area contributed by atoms with Gasteiger partial charge in [0.05, 0.1) is 11.4 Å². The number of hydrogen-bond donors (Lipinski definition) is 1. The zero-order chi connectivity index (χ0) is 13.2. The highest BCUT2D eigenvalue weighted by molar-refractivity contribution is 5.95. The van der Waals surface area contributed by atoms with E-state index >= 15 is 0 Å². The second-order valence-corrected chi connectivity index (χ2v) is 4.64. The zero-order valence-electron chi connectivity index (χ0n) is 10.7. The summed E-state index contributed by atoms with van der Waals surface area (Å²) in [7, 11) is 0. The molecular weight excluding hydrogens is 242 g/mol. The van der Waals surface area contributed by atoms with Crippen LogP contribution in [-0.2, 0) is 11.2 Å². The summed E-state index contributed by atoms with van der Waals surface area (Å²) in [4.78, 5) is 11.9. The van der Waals surface area contributed by atoms with Gasteiger partial charge in [-0.2, -0.15) is 4.68 Å². The van der Waals surface area contributed by atoms with E-state index in [4.69, 9.17) is 0 Å². The number of para-hydroxylation sites is 2. The van der Waals surface area contributed by atoms with Crippen LogP contribution in [0.15, 0.2) is 24.3 Å². The Balaban J connectivity index is 1.94. The molecule has 0 atom stereocenters. The van der Waals surface area contributed by atoms with Crippen LogP contribution in [0.4, 0.5) is 5.69 Å². The Morgan fingerprint density at radius 1 is 1.42 bits per heavy atom. The Morgan fingerprint density at radius 2 is 2.21 bits per heavy atom. The van der Waals surface area contributed by atoms with Gasteiger partial charge >= 0.3 is 0 Å². The molecule has 0 bridgehead atoms. The Kier molecular flexibility index (Phi) is 2.98. The highest BCUT2D eigenvalue weighted by atomic mass is 16.2. The maximum Gasteiger partial charge on any atom is 0.227 e. The smallest absolute Gasteiger partial charge is 0.227 e. The molecule has 0 spiro atoms. The molecule has 0 unspecified atom stereocenters. The number of rotatable bonds is 4. The second-order valence-electron chi connectivity index (χ2n) is 4.64. The molecular formula is C13H15N5O. The van der Waals surface area contributed by atoms with Crippen LogP contribution in [-0.4, -0.2) is 26.1 Å². The van der Waals surface area contributed by atoms with Crippen LogP contribution < -0.4 is 5.32 Å². The molecule has 0 saturated heterocycles. The first-order valence-corrected chi connectivity index (χ1v) is 6.47.